The van der Waals surface area contributed by atoms with E-state index in [2.05, 4.69) is 38.2 Å². The molecule has 0 amide bonds. The molecule has 0 radical (unpaired) electrons. The van der Waals surface area contributed by atoms with Crippen molar-refractivity contribution in [2.24, 2.45) is 23.7 Å². The van der Waals surface area contributed by atoms with Crippen LogP contribution in [-0.2, 0) is 0 Å². The minimum Gasteiger partial charge on any atom is -0.0917 e. The first kappa shape index (κ1) is 19.8. The molecule has 0 heteroatoms. The summed E-state index contributed by atoms with van der Waals surface area (Å²) in [5.41, 5.74) is 0. The molecule has 138 valence electrons. The smallest absolute Gasteiger partial charge is 0.0231 e. The van der Waals surface area contributed by atoms with Crippen LogP contribution in [0.2, 0.25) is 0 Å². The highest BCUT2D eigenvalue weighted by molar-refractivity contribution is 4.89. The topological polar surface area (TPSA) is 0 Å². The van der Waals surface area contributed by atoms with E-state index in [-0.39, 0.29) is 0 Å². The zero-order valence-electron chi connectivity index (χ0n) is 16.5. The van der Waals surface area contributed by atoms with Crippen LogP contribution in [0.25, 0.3) is 0 Å². The van der Waals surface area contributed by atoms with Crippen LogP contribution in [0.5, 0.6) is 0 Å². The molecule has 0 bridgehead atoms. The average molecular weight is 331 g/mol. The molecular formula is C24H42. The molecule has 0 N–H and O–H groups in total. The van der Waals surface area contributed by atoms with Gasteiger partial charge in [0.1, 0.15) is 0 Å². The highest BCUT2D eigenvalue weighted by atomic mass is 14.3. The van der Waals surface area contributed by atoms with E-state index in [0.717, 1.165) is 23.7 Å². The van der Waals surface area contributed by atoms with E-state index in [1.165, 1.54) is 89.9 Å². The molecule has 2 aliphatic carbocycles. The van der Waals surface area contributed by atoms with Crippen molar-refractivity contribution < 1.29 is 0 Å². The highest BCUT2D eigenvalue weighted by Crippen LogP contribution is 2.36. The third-order valence-corrected chi connectivity index (χ3v) is 6.71. The standard InChI is InChI=1S/C24H42/c1-3-5-6-11-21-16-18-22(19-17-21)12-7-8-13-24-15-9-14-23(20-24)10-4-2/h3-5,10,21-24H,6-9,11-20H2,1-2H3/t21-,22-,23?,24?. The van der Waals surface area contributed by atoms with E-state index >= 15 is 0 Å². The maximum absolute atomic E-state index is 2.46. The number of unbranched alkanes of at least 4 members (excludes halogenated alkanes) is 1. The fourth-order valence-electron chi connectivity index (χ4n) is 5.22. The van der Waals surface area contributed by atoms with Crippen LogP contribution in [0.1, 0.15) is 104 Å². The minimum absolute atomic E-state index is 0.895. The Bertz CT molecular complexity index is 356. The molecule has 24 heavy (non-hydrogen) atoms. The van der Waals surface area contributed by atoms with Crippen LogP contribution < -0.4 is 0 Å². The molecule has 0 saturated heterocycles. The largest absolute Gasteiger partial charge is 0.0917 e. The van der Waals surface area contributed by atoms with Crippen molar-refractivity contribution in [3.63, 3.8) is 0 Å². The predicted octanol–water partition coefficient (Wildman–Crippen LogP) is 8.09. The molecule has 2 rings (SSSR count). The maximum Gasteiger partial charge on any atom is -0.0231 e. The second-order valence-corrected chi connectivity index (χ2v) is 8.64. The van der Waals surface area contributed by atoms with Gasteiger partial charge >= 0.3 is 0 Å². The Balaban J connectivity index is 1.51. The first-order chi connectivity index (χ1) is 11.8. The molecule has 2 fully saturated rings. The van der Waals surface area contributed by atoms with Gasteiger partial charge in [0.25, 0.3) is 0 Å². The van der Waals surface area contributed by atoms with Crippen LogP contribution in [0, 0.1) is 23.7 Å². The van der Waals surface area contributed by atoms with Gasteiger partial charge in [0.15, 0.2) is 0 Å². The van der Waals surface area contributed by atoms with Gasteiger partial charge in [-0.25, -0.2) is 0 Å². The summed E-state index contributed by atoms with van der Waals surface area (Å²) in [4.78, 5) is 0. The summed E-state index contributed by atoms with van der Waals surface area (Å²) >= 11 is 0. The first-order valence-electron chi connectivity index (χ1n) is 11.1. The van der Waals surface area contributed by atoms with Crippen molar-refractivity contribution in [2.75, 3.05) is 0 Å². The van der Waals surface area contributed by atoms with Crippen LogP contribution >= 0.6 is 0 Å². The van der Waals surface area contributed by atoms with E-state index in [0.29, 0.717) is 0 Å². The Morgan fingerprint density at radius 2 is 1.38 bits per heavy atom. The number of hydrogen-bond donors (Lipinski definition) is 0. The van der Waals surface area contributed by atoms with Gasteiger partial charge in [0.05, 0.1) is 0 Å². The summed E-state index contributed by atoms with van der Waals surface area (Å²) in [5.74, 6) is 4.02. The van der Waals surface area contributed by atoms with Crippen LogP contribution in [0.15, 0.2) is 24.3 Å². The molecule has 2 aliphatic rings. The molecule has 0 nitrogen and oxygen atoms in total. The summed E-state index contributed by atoms with van der Waals surface area (Å²) in [6.07, 6.45) is 30.0. The Hall–Kier alpha value is -0.520. The number of hydrogen-bond acceptors (Lipinski definition) is 0. The van der Waals surface area contributed by atoms with Gasteiger partial charge in [-0.1, -0.05) is 88.5 Å². The van der Waals surface area contributed by atoms with Crippen molar-refractivity contribution in [1.29, 1.82) is 0 Å². The van der Waals surface area contributed by atoms with E-state index in [1.807, 2.05) is 0 Å². The molecular weight excluding hydrogens is 288 g/mol. The van der Waals surface area contributed by atoms with E-state index in [9.17, 15) is 0 Å². The fourth-order valence-corrected chi connectivity index (χ4v) is 5.22. The van der Waals surface area contributed by atoms with Gasteiger partial charge in [-0.15, -0.1) is 0 Å². The Morgan fingerprint density at radius 3 is 2.04 bits per heavy atom. The highest BCUT2D eigenvalue weighted by Gasteiger charge is 2.22. The first-order valence-corrected chi connectivity index (χ1v) is 11.1. The van der Waals surface area contributed by atoms with Crippen molar-refractivity contribution in [3.05, 3.63) is 24.3 Å². The zero-order chi connectivity index (χ0) is 17.0. The molecule has 0 aromatic heterocycles. The lowest BCUT2D eigenvalue weighted by molar-refractivity contribution is 0.242. The lowest BCUT2D eigenvalue weighted by Gasteiger charge is -2.29. The Kier molecular flexibility index (Phi) is 9.85. The van der Waals surface area contributed by atoms with Gasteiger partial charge in [-0.3, -0.25) is 0 Å². The molecule has 0 spiro atoms. The average Bonchev–Trinajstić information content (AvgIpc) is 2.61. The zero-order valence-corrected chi connectivity index (χ0v) is 16.5. The van der Waals surface area contributed by atoms with Gasteiger partial charge in [-0.05, 0) is 63.2 Å². The molecule has 0 aromatic carbocycles. The lowest BCUT2D eigenvalue weighted by atomic mass is 9.77. The number of allylic oxidation sites excluding steroid dienone is 4. The third kappa shape index (κ3) is 7.58. The Morgan fingerprint density at radius 1 is 0.708 bits per heavy atom. The van der Waals surface area contributed by atoms with Gasteiger partial charge in [-0.2, -0.15) is 0 Å². The summed E-state index contributed by atoms with van der Waals surface area (Å²) < 4.78 is 0. The molecule has 0 aliphatic heterocycles. The molecule has 0 aromatic rings. The van der Waals surface area contributed by atoms with Crippen LogP contribution in [0.3, 0.4) is 0 Å². The normalized spacial score (nSPS) is 31.9. The van der Waals surface area contributed by atoms with Gasteiger partial charge in [0, 0.05) is 0 Å². The third-order valence-electron chi connectivity index (χ3n) is 6.71. The summed E-state index contributed by atoms with van der Waals surface area (Å²) in [6, 6.07) is 0. The van der Waals surface area contributed by atoms with Crippen molar-refractivity contribution in [2.45, 2.75) is 104 Å². The minimum atomic E-state index is 0.895. The van der Waals surface area contributed by atoms with Crippen molar-refractivity contribution in [3.8, 4) is 0 Å². The monoisotopic (exact) mass is 330 g/mol. The molecule has 2 atom stereocenters. The van der Waals surface area contributed by atoms with Crippen molar-refractivity contribution >= 4 is 0 Å². The second kappa shape index (κ2) is 11.9. The Labute approximate surface area is 152 Å². The van der Waals surface area contributed by atoms with Gasteiger partial charge in [0.2, 0.25) is 0 Å². The fraction of sp³-hybridized carbons (Fsp3) is 0.833. The SMILES string of the molecule is CC=CCC[C@H]1CC[C@H](CCCCC2CCCC(C=CC)C2)CC1. The molecule has 2 saturated carbocycles. The summed E-state index contributed by atoms with van der Waals surface area (Å²) in [5, 5.41) is 0. The summed E-state index contributed by atoms with van der Waals surface area (Å²) in [7, 11) is 0. The van der Waals surface area contributed by atoms with Crippen LogP contribution in [-0.4, -0.2) is 0 Å². The van der Waals surface area contributed by atoms with E-state index in [1.54, 1.807) is 0 Å². The summed E-state index contributed by atoms with van der Waals surface area (Å²) in [6.45, 7) is 4.32. The predicted molar refractivity (Wildman–Crippen MR) is 108 cm³/mol. The quantitative estimate of drug-likeness (QED) is 0.296. The molecule has 2 unspecified atom stereocenters. The lowest BCUT2D eigenvalue weighted by Crippen LogP contribution is -2.15. The number of rotatable bonds is 9. The van der Waals surface area contributed by atoms with Gasteiger partial charge < -0.3 is 0 Å². The van der Waals surface area contributed by atoms with E-state index in [4.69, 9.17) is 0 Å². The molecule has 0 heterocycles. The van der Waals surface area contributed by atoms with E-state index < -0.39 is 0 Å². The maximum atomic E-state index is 2.46. The second-order valence-electron chi connectivity index (χ2n) is 8.64. The van der Waals surface area contributed by atoms with Crippen molar-refractivity contribution in [1.82, 2.24) is 0 Å². The van der Waals surface area contributed by atoms with Crippen LogP contribution in [0.4, 0.5) is 0 Å².